The van der Waals surface area contributed by atoms with E-state index in [9.17, 15) is 8.42 Å². The van der Waals surface area contributed by atoms with Crippen LogP contribution in [0.5, 0.6) is 0 Å². The highest BCUT2D eigenvalue weighted by molar-refractivity contribution is 7.58. The molecular formula is C4H8ClNO2S. The molecule has 1 rings (SSSR count). The van der Waals surface area contributed by atoms with Crippen molar-refractivity contribution < 1.29 is 24.8 Å². The van der Waals surface area contributed by atoms with Gasteiger partial charge in [0.1, 0.15) is 0 Å². The van der Waals surface area contributed by atoms with Crippen molar-refractivity contribution in [1.29, 1.82) is 0 Å². The molecule has 0 amide bonds. The van der Waals surface area contributed by atoms with Crippen molar-refractivity contribution in [1.82, 2.24) is 0 Å². The van der Waals surface area contributed by atoms with Crippen LogP contribution in [0.2, 0.25) is 0 Å². The number of hydrogen-bond donors (Lipinski definition) is 0. The lowest BCUT2D eigenvalue weighted by molar-refractivity contribution is -0.480. The lowest BCUT2D eigenvalue weighted by Crippen LogP contribution is -3.00. The Morgan fingerprint density at radius 1 is 1.11 bits per heavy atom. The molecule has 1 fully saturated rings. The summed E-state index contributed by atoms with van der Waals surface area (Å²) in [7, 11) is -1.96. The molecule has 9 heavy (non-hydrogen) atoms. The molecule has 1 aliphatic rings. The van der Waals surface area contributed by atoms with Gasteiger partial charge in [-0.05, 0) is 0 Å². The average Bonchev–Trinajstić information content (AvgIpc) is 2.12. The average molecular weight is 170 g/mol. The van der Waals surface area contributed by atoms with Gasteiger partial charge in [0.15, 0.2) is 13.1 Å². The molecular weight excluding hydrogens is 162 g/mol. The van der Waals surface area contributed by atoms with Gasteiger partial charge in [0, 0.05) is 12.8 Å². The lowest BCUT2D eigenvalue weighted by Gasteiger charge is -1.74. The van der Waals surface area contributed by atoms with Gasteiger partial charge >= 0.3 is 10.5 Å². The Morgan fingerprint density at radius 2 is 1.56 bits per heavy atom. The molecule has 0 spiro atoms. The van der Waals surface area contributed by atoms with E-state index in [1.54, 1.807) is 0 Å². The molecule has 1 heterocycles. The van der Waals surface area contributed by atoms with Crippen LogP contribution < -0.4 is 12.4 Å². The third kappa shape index (κ3) is 2.32. The van der Waals surface area contributed by atoms with Crippen LogP contribution in [0.1, 0.15) is 12.8 Å². The van der Waals surface area contributed by atoms with E-state index >= 15 is 0 Å². The molecule has 0 atom stereocenters. The van der Waals surface area contributed by atoms with Gasteiger partial charge in [-0.3, -0.25) is 0 Å². The molecule has 0 aromatic carbocycles. The third-order valence-corrected chi connectivity index (χ3v) is 2.06. The summed E-state index contributed by atoms with van der Waals surface area (Å²) in [4.78, 5) is 0. The quantitative estimate of drug-likeness (QED) is 0.360. The Hall–Kier alpha value is -0.0900. The molecule has 0 aromatic rings. The van der Waals surface area contributed by atoms with Crippen molar-refractivity contribution in [2.45, 2.75) is 12.8 Å². The third-order valence-electron chi connectivity index (χ3n) is 1.28. The Labute approximate surface area is 61.8 Å². The van der Waals surface area contributed by atoms with Crippen LogP contribution in [0.15, 0.2) is 0 Å². The number of nitrogens with zero attached hydrogens (tertiary/aromatic N) is 1. The van der Waals surface area contributed by atoms with E-state index in [1.165, 1.54) is 3.95 Å². The van der Waals surface area contributed by atoms with E-state index in [4.69, 9.17) is 0 Å². The Bertz CT molecular complexity index is 193. The van der Waals surface area contributed by atoms with Crippen molar-refractivity contribution >= 4 is 10.5 Å². The normalized spacial score (nSPS) is 17.1. The smallest absolute Gasteiger partial charge is 0.458 e. The molecule has 0 unspecified atom stereocenters. The van der Waals surface area contributed by atoms with Gasteiger partial charge < -0.3 is 12.4 Å². The summed E-state index contributed by atoms with van der Waals surface area (Å²) in [6.07, 6.45) is 2.04. The second-order valence-electron chi connectivity index (χ2n) is 1.85. The zero-order chi connectivity index (χ0) is 5.98. The van der Waals surface area contributed by atoms with Crippen molar-refractivity contribution in [2.75, 3.05) is 13.1 Å². The molecule has 0 bridgehead atoms. The largest absolute Gasteiger partial charge is 1.00 e. The molecule has 0 N–H and O–H groups in total. The van der Waals surface area contributed by atoms with Crippen molar-refractivity contribution in [3.63, 3.8) is 0 Å². The zero-order valence-electron chi connectivity index (χ0n) is 4.88. The topological polar surface area (TPSA) is 37.1 Å². The van der Waals surface area contributed by atoms with E-state index in [-0.39, 0.29) is 12.4 Å². The second-order valence-corrected chi connectivity index (χ2v) is 2.80. The van der Waals surface area contributed by atoms with Gasteiger partial charge in [-0.2, -0.15) is 0 Å². The molecule has 1 aliphatic heterocycles. The summed E-state index contributed by atoms with van der Waals surface area (Å²) in [6.45, 7) is 1.44. The fraction of sp³-hybridized carbons (Fsp3) is 1.00. The molecule has 0 aliphatic carbocycles. The minimum Gasteiger partial charge on any atom is -1.00 e. The van der Waals surface area contributed by atoms with Gasteiger partial charge in [-0.1, -0.05) is 0 Å². The fourth-order valence-corrected chi connectivity index (χ4v) is 1.39. The van der Waals surface area contributed by atoms with Gasteiger partial charge in [-0.15, -0.1) is 12.4 Å². The standard InChI is InChI=1S/C4H8NO2S.ClH/c6-8(7)5-3-1-2-4-5;/h1-4H2;1H/q+1;/p-1. The minimum atomic E-state index is -1.96. The van der Waals surface area contributed by atoms with Gasteiger partial charge in [0.05, 0.1) is 0 Å². The summed E-state index contributed by atoms with van der Waals surface area (Å²) < 4.78 is 21.7. The fourth-order valence-electron chi connectivity index (χ4n) is 0.837. The molecule has 1 saturated heterocycles. The monoisotopic (exact) mass is 169 g/mol. The first-order valence-corrected chi connectivity index (χ1v) is 3.68. The van der Waals surface area contributed by atoms with Crippen molar-refractivity contribution in [3.05, 3.63) is 0 Å². The SMILES string of the molecule is O=S(=O)=[N+]1CCCC1.[Cl-]. The molecule has 0 aromatic heterocycles. The second kappa shape index (κ2) is 3.85. The first kappa shape index (κ1) is 8.91. The van der Waals surface area contributed by atoms with E-state index in [2.05, 4.69) is 0 Å². The van der Waals surface area contributed by atoms with Crippen LogP contribution in [0.25, 0.3) is 0 Å². The summed E-state index contributed by atoms with van der Waals surface area (Å²) in [5.74, 6) is 0. The van der Waals surface area contributed by atoms with Crippen LogP contribution in [0.3, 0.4) is 0 Å². The Morgan fingerprint density at radius 3 is 1.78 bits per heavy atom. The van der Waals surface area contributed by atoms with E-state index < -0.39 is 10.5 Å². The van der Waals surface area contributed by atoms with Gasteiger partial charge in [0.25, 0.3) is 0 Å². The number of rotatable bonds is 0. The first-order chi connectivity index (χ1) is 3.80. The minimum absolute atomic E-state index is 0. The predicted molar refractivity (Wildman–Crippen MR) is 28.1 cm³/mol. The number of hydrogen-bond acceptors (Lipinski definition) is 2. The highest BCUT2D eigenvalue weighted by atomic mass is 35.5. The highest BCUT2D eigenvalue weighted by Gasteiger charge is 2.14. The van der Waals surface area contributed by atoms with Crippen LogP contribution in [-0.2, 0) is 10.5 Å². The van der Waals surface area contributed by atoms with Gasteiger partial charge in [0.2, 0.25) is 0 Å². The van der Waals surface area contributed by atoms with E-state index in [0.717, 1.165) is 25.9 Å². The maximum Gasteiger partial charge on any atom is 0.458 e. The van der Waals surface area contributed by atoms with Crippen LogP contribution in [0.4, 0.5) is 0 Å². The summed E-state index contributed by atoms with van der Waals surface area (Å²) in [5, 5.41) is 0. The zero-order valence-corrected chi connectivity index (χ0v) is 6.45. The maximum absolute atomic E-state index is 10.1. The van der Waals surface area contributed by atoms with Crippen LogP contribution >= 0.6 is 0 Å². The predicted octanol–water partition coefficient (Wildman–Crippen LogP) is -3.14. The molecule has 54 valence electrons. The van der Waals surface area contributed by atoms with Gasteiger partial charge in [-0.25, -0.2) is 0 Å². The highest BCUT2D eigenvalue weighted by Crippen LogP contribution is 1.99. The summed E-state index contributed by atoms with van der Waals surface area (Å²) in [6, 6.07) is 0. The molecule has 0 radical (unpaired) electrons. The van der Waals surface area contributed by atoms with Crippen molar-refractivity contribution in [3.8, 4) is 0 Å². The summed E-state index contributed by atoms with van der Waals surface area (Å²) in [5.41, 5.74) is 0. The first-order valence-electron chi connectivity index (χ1n) is 2.65. The summed E-state index contributed by atoms with van der Waals surface area (Å²) >= 11 is 0. The van der Waals surface area contributed by atoms with E-state index in [0.29, 0.717) is 0 Å². The van der Waals surface area contributed by atoms with Crippen LogP contribution in [0, 0.1) is 0 Å². The molecule has 0 saturated carbocycles. The van der Waals surface area contributed by atoms with Crippen LogP contribution in [-0.4, -0.2) is 25.5 Å². The molecule has 5 heteroatoms. The lowest BCUT2D eigenvalue weighted by atomic mass is 10.4. The van der Waals surface area contributed by atoms with Crippen molar-refractivity contribution in [2.24, 2.45) is 0 Å². The maximum atomic E-state index is 10.1. The number of halogens is 1. The molecule has 3 nitrogen and oxygen atoms in total. The Balaban J connectivity index is 0.000000640. The Kier molecular flexibility index (Phi) is 3.81. The van der Waals surface area contributed by atoms with E-state index in [1.807, 2.05) is 0 Å².